The van der Waals surface area contributed by atoms with Gasteiger partial charge in [0.15, 0.2) is 0 Å². The second-order valence-corrected chi connectivity index (χ2v) is 5.35. The molecule has 0 aliphatic rings. The van der Waals surface area contributed by atoms with E-state index >= 15 is 0 Å². The predicted octanol–water partition coefficient (Wildman–Crippen LogP) is 4.51. The van der Waals surface area contributed by atoms with Gasteiger partial charge in [0.2, 0.25) is 0 Å². The lowest BCUT2D eigenvalue weighted by Crippen LogP contribution is -1.87. The molecule has 1 aromatic heterocycles. The number of benzene rings is 1. The third-order valence-corrected chi connectivity index (χ3v) is 3.87. The average Bonchev–Trinajstić information content (AvgIpc) is 2.76. The van der Waals surface area contributed by atoms with Crippen molar-refractivity contribution in [3.63, 3.8) is 0 Å². The van der Waals surface area contributed by atoms with Crippen molar-refractivity contribution in [3.8, 4) is 5.75 Å². The molecule has 0 saturated carbocycles. The van der Waals surface area contributed by atoms with Crippen molar-refractivity contribution < 1.29 is 5.11 Å². The van der Waals surface area contributed by atoms with Gasteiger partial charge >= 0.3 is 0 Å². The molecule has 0 amide bonds. The number of aromatic hydroxyl groups is 1. The van der Waals surface area contributed by atoms with E-state index in [-0.39, 0.29) is 0 Å². The molecule has 1 heterocycles. The molecule has 0 spiro atoms. The van der Waals surface area contributed by atoms with E-state index in [2.05, 4.69) is 11.9 Å². The third-order valence-electron chi connectivity index (χ3n) is 3.08. The highest BCUT2D eigenvalue weighted by molar-refractivity contribution is 7.16. The number of hydrogen-bond donors (Lipinski definition) is 1. The molecule has 92 valence electrons. The van der Waals surface area contributed by atoms with Gasteiger partial charge in [0.25, 0.3) is 0 Å². The van der Waals surface area contributed by atoms with Gasteiger partial charge in [0.05, 0.1) is 15.7 Å². The lowest BCUT2D eigenvalue weighted by atomic mass is 10.0. The highest BCUT2D eigenvalue weighted by Gasteiger charge is 2.05. The number of aromatic nitrogens is 1. The average molecular weight is 249 g/mol. The van der Waals surface area contributed by atoms with Gasteiger partial charge in [-0.05, 0) is 30.5 Å². The van der Waals surface area contributed by atoms with Crippen LogP contribution in [0.5, 0.6) is 5.75 Å². The van der Waals surface area contributed by atoms with E-state index in [9.17, 15) is 5.11 Å². The van der Waals surface area contributed by atoms with Gasteiger partial charge in [0.1, 0.15) is 5.75 Å². The summed E-state index contributed by atoms with van der Waals surface area (Å²) in [6.07, 6.45) is 7.26. The smallest absolute Gasteiger partial charge is 0.120 e. The molecule has 0 radical (unpaired) electrons. The lowest BCUT2D eigenvalue weighted by molar-refractivity contribution is 0.467. The fraction of sp³-hybridized carbons (Fsp3) is 0.500. The molecule has 2 rings (SSSR count). The van der Waals surface area contributed by atoms with Crippen LogP contribution in [0.3, 0.4) is 0 Å². The summed E-state index contributed by atoms with van der Waals surface area (Å²) in [5.74, 6) is 0.428. The van der Waals surface area contributed by atoms with Gasteiger partial charge in [-0.2, -0.15) is 0 Å². The summed E-state index contributed by atoms with van der Waals surface area (Å²) < 4.78 is 1.07. The molecule has 1 N–H and O–H groups in total. The van der Waals surface area contributed by atoms with E-state index < -0.39 is 0 Å². The summed E-state index contributed by atoms with van der Waals surface area (Å²) >= 11 is 1.57. The van der Waals surface area contributed by atoms with E-state index in [4.69, 9.17) is 0 Å². The largest absolute Gasteiger partial charge is 0.508 e. The molecule has 0 saturated heterocycles. The van der Waals surface area contributed by atoms with Crippen molar-refractivity contribution >= 4 is 21.6 Å². The molecule has 3 heteroatoms. The van der Waals surface area contributed by atoms with E-state index in [1.165, 1.54) is 25.7 Å². The number of phenols is 1. The minimum atomic E-state index is 0.428. The third kappa shape index (κ3) is 3.19. The number of hydrogen-bond acceptors (Lipinski definition) is 3. The van der Waals surface area contributed by atoms with Crippen LogP contribution in [0.15, 0.2) is 17.6 Å². The van der Waals surface area contributed by atoms with Crippen molar-refractivity contribution in [2.45, 2.75) is 45.4 Å². The molecule has 2 nitrogen and oxygen atoms in total. The maximum absolute atomic E-state index is 9.91. The molecule has 2 aromatic rings. The Bertz CT molecular complexity index is 478. The summed E-state index contributed by atoms with van der Waals surface area (Å²) in [5.41, 5.74) is 3.88. The van der Waals surface area contributed by atoms with Crippen molar-refractivity contribution in [1.82, 2.24) is 4.98 Å². The predicted molar refractivity (Wildman–Crippen MR) is 73.7 cm³/mol. The highest BCUT2D eigenvalue weighted by Crippen LogP contribution is 2.28. The number of phenolic OH excluding ortho intramolecular Hbond substituents is 1. The van der Waals surface area contributed by atoms with Crippen molar-refractivity contribution in [2.75, 3.05) is 0 Å². The van der Waals surface area contributed by atoms with Gasteiger partial charge in [-0.15, -0.1) is 11.3 Å². The zero-order chi connectivity index (χ0) is 12.1. The number of unbranched alkanes of at least 4 members (excludes halogenated alkanes) is 4. The molecular weight excluding hydrogens is 230 g/mol. The van der Waals surface area contributed by atoms with E-state index in [0.29, 0.717) is 5.75 Å². The molecule has 0 aliphatic heterocycles. The first kappa shape index (κ1) is 12.4. The van der Waals surface area contributed by atoms with Crippen LogP contribution in [0.2, 0.25) is 0 Å². The van der Waals surface area contributed by atoms with Gasteiger partial charge in [-0.25, -0.2) is 4.98 Å². The zero-order valence-corrected chi connectivity index (χ0v) is 11.1. The summed E-state index contributed by atoms with van der Waals surface area (Å²) in [6, 6.07) is 3.87. The molecule has 0 aliphatic carbocycles. The Morgan fingerprint density at radius 1 is 1.18 bits per heavy atom. The Hall–Kier alpha value is -1.09. The molecular formula is C14H19NOS. The summed E-state index contributed by atoms with van der Waals surface area (Å²) in [7, 11) is 0. The zero-order valence-electron chi connectivity index (χ0n) is 10.3. The number of fused-ring (bicyclic) bond motifs is 1. The topological polar surface area (TPSA) is 33.1 Å². The minimum Gasteiger partial charge on any atom is -0.508 e. The number of rotatable bonds is 6. The summed E-state index contributed by atoms with van der Waals surface area (Å²) in [6.45, 7) is 2.22. The van der Waals surface area contributed by atoms with Crippen LogP contribution in [0.4, 0.5) is 0 Å². The van der Waals surface area contributed by atoms with Gasteiger partial charge in [-0.1, -0.05) is 32.6 Å². The Kier molecular flexibility index (Phi) is 4.37. The van der Waals surface area contributed by atoms with E-state index in [1.54, 1.807) is 11.3 Å². The van der Waals surface area contributed by atoms with Crippen LogP contribution in [-0.4, -0.2) is 10.1 Å². The monoisotopic (exact) mass is 249 g/mol. The first-order chi connectivity index (χ1) is 8.31. The lowest BCUT2D eigenvalue weighted by Gasteiger charge is -2.04. The van der Waals surface area contributed by atoms with Crippen molar-refractivity contribution in [1.29, 1.82) is 0 Å². The molecule has 0 fully saturated rings. The maximum Gasteiger partial charge on any atom is 0.120 e. The quantitative estimate of drug-likeness (QED) is 0.764. The van der Waals surface area contributed by atoms with Crippen LogP contribution in [0, 0.1) is 0 Å². The van der Waals surface area contributed by atoms with E-state index in [0.717, 1.165) is 28.6 Å². The minimum absolute atomic E-state index is 0.428. The first-order valence-electron chi connectivity index (χ1n) is 6.36. The second-order valence-electron chi connectivity index (χ2n) is 4.47. The Balaban J connectivity index is 1.95. The van der Waals surface area contributed by atoms with Crippen molar-refractivity contribution in [2.24, 2.45) is 0 Å². The van der Waals surface area contributed by atoms with Gasteiger partial charge in [0, 0.05) is 0 Å². The Morgan fingerprint density at radius 3 is 2.82 bits per heavy atom. The Morgan fingerprint density at radius 2 is 2.00 bits per heavy atom. The van der Waals surface area contributed by atoms with E-state index in [1.807, 2.05) is 17.6 Å². The number of nitrogens with zero attached hydrogens (tertiary/aromatic N) is 1. The number of thiazole rings is 1. The van der Waals surface area contributed by atoms with Crippen LogP contribution >= 0.6 is 11.3 Å². The van der Waals surface area contributed by atoms with Crippen LogP contribution < -0.4 is 0 Å². The highest BCUT2D eigenvalue weighted by atomic mass is 32.1. The molecule has 0 bridgehead atoms. The van der Waals surface area contributed by atoms with Crippen LogP contribution in [0.25, 0.3) is 10.2 Å². The summed E-state index contributed by atoms with van der Waals surface area (Å²) in [4.78, 5) is 4.29. The number of aryl methyl sites for hydroxylation is 1. The Labute approximate surface area is 106 Å². The fourth-order valence-corrected chi connectivity index (χ4v) is 2.75. The SMILES string of the molecule is CCCCCCCc1cc2ncsc2cc1O. The molecule has 0 atom stereocenters. The van der Waals surface area contributed by atoms with Crippen LogP contribution in [0.1, 0.15) is 44.6 Å². The summed E-state index contributed by atoms with van der Waals surface area (Å²) in [5, 5.41) is 9.91. The maximum atomic E-state index is 9.91. The molecule has 0 unspecified atom stereocenters. The molecule has 1 aromatic carbocycles. The second kappa shape index (κ2) is 6.01. The standard InChI is InChI=1S/C14H19NOS/c1-2-3-4-5-6-7-11-8-12-14(9-13(11)16)17-10-15-12/h8-10,16H,2-7H2,1H3. The van der Waals surface area contributed by atoms with Crippen molar-refractivity contribution in [3.05, 3.63) is 23.2 Å². The fourth-order valence-electron chi connectivity index (χ4n) is 2.06. The first-order valence-corrected chi connectivity index (χ1v) is 7.24. The normalized spacial score (nSPS) is 11.1. The van der Waals surface area contributed by atoms with Gasteiger partial charge in [-0.3, -0.25) is 0 Å². The van der Waals surface area contributed by atoms with Gasteiger partial charge < -0.3 is 5.11 Å². The van der Waals surface area contributed by atoms with Crippen LogP contribution in [-0.2, 0) is 6.42 Å². The molecule has 17 heavy (non-hydrogen) atoms.